The van der Waals surface area contributed by atoms with Gasteiger partial charge < -0.3 is 15.2 Å². The van der Waals surface area contributed by atoms with Crippen molar-refractivity contribution in [1.82, 2.24) is 10.3 Å². The molecule has 2 rings (SSSR count). The average Bonchev–Trinajstić information content (AvgIpc) is 2.74. The number of hydrogen-bond acceptors (Lipinski definition) is 5. The van der Waals surface area contributed by atoms with E-state index in [1.807, 2.05) is 26.1 Å². The Labute approximate surface area is 185 Å². The molecule has 2 aromatic rings. The van der Waals surface area contributed by atoms with Crippen LogP contribution >= 0.6 is 0 Å². The van der Waals surface area contributed by atoms with E-state index in [0.717, 1.165) is 25.7 Å². The van der Waals surface area contributed by atoms with Crippen molar-refractivity contribution >= 4 is 11.7 Å². The molecule has 1 heterocycles. The molecule has 0 radical (unpaired) electrons. The number of phenols is 1. The third-order valence-electron chi connectivity index (χ3n) is 5.16. The molecule has 0 fully saturated rings. The molecule has 168 valence electrons. The first-order valence-corrected chi connectivity index (χ1v) is 11.1. The third kappa shape index (κ3) is 8.04. The normalized spacial score (nSPS) is 11.7. The van der Waals surface area contributed by atoms with Crippen LogP contribution in [0.15, 0.2) is 36.7 Å². The van der Waals surface area contributed by atoms with Gasteiger partial charge in [0.25, 0.3) is 0 Å². The quantitative estimate of drug-likeness (QED) is 0.360. The zero-order valence-corrected chi connectivity index (χ0v) is 18.8. The summed E-state index contributed by atoms with van der Waals surface area (Å²) >= 11 is 0. The van der Waals surface area contributed by atoms with Crippen LogP contribution in [0.1, 0.15) is 74.4 Å². The molecule has 1 aromatic carbocycles. The zero-order chi connectivity index (χ0) is 22.6. The first-order chi connectivity index (χ1) is 14.9. The van der Waals surface area contributed by atoms with Gasteiger partial charge in [-0.2, -0.15) is 0 Å². The summed E-state index contributed by atoms with van der Waals surface area (Å²) in [6.07, 6.45) is 8.92. The maximum atomic E-state index is 12.2. The number of ether oxygens (including phenoxy) is 1. The highest BCUT2D eigenvalue weighted by molar-refractivity contribution is 5.97. The van der Waals surface area contributed by atoms with E-state index in [9.17, 15) is 14.7 Å². The van der Waals surface area contributed by atoms with Gasteiger partial charge in [0.15, 0.2) is 5.78 Å². The third-order valence-corrected chi connectivity index (χ3v) is 5.16. The van der Waals surface area contributed by atoms with Gasteiger partial charge in [0.2, 0.25) is 5.91 Å². The van der Waals surface area contributed by atoms with Crippen molar-refractivity contribution in [2.24, 2.45) is 0 Å². The predicted octanol–water partition coefficient (Wildman–Crippen LogP) is 4.63. The molecule has 0 saturated heterocycles. The standard InChI is InChI=1S/C25H34N2O4/c1-4-8-22-23(14-13-21(19(3)28)25(22)30)31-16-7-12-24(29)27-18(2)9-5-10-20-11-6-15-26-17-20/h6,11,13-15,17-18,30H,4-5,7-10,12,16H2,1-3H3,(H,27,29). The number of nitrogens with one attached hydrogen (secondary N) is 1. The Kier molecular flexibility index (Phi) is 10.0. The molecule has 0 bridgehead atoms. The van der Waals surface area contributed by atoms with Gasteiger partial charge in [-0.1, -0.05) is 19.4 Å². The van der Waals surface area contributed by atoms with Crippen LogP contribution in [0.25, 0.3) is 0 Å². The van der Waals surface area contributed by atoms with Crippen LogP contribution < -0.4 is 10.1 Å². The van der Waals surface area contributed by atoms with E-state index < -0.39 is 0 Å². The maximum absolute atomic E-state index is 12.2. The number of pyridine rings is 1. The number of amides is 1. The number of hydrogen-bond donors (Lipinski definition) is 2. The predicted molar refractivity (Wildman–Crippen MR) is 122 cm³/mol. The number of aromatic hydroxyl groups is 1. The van der Waals surface area contributed by atoms with Gasteiger partial charge in [-0.05, 0) is 69.7 Å². The lowest BCUT2D eigenvalue weighted by molar-refractivity contribution is -0.121. The number of nitrogens with zero attached hydrogens (tertiary/aromatic N) is 1. The first kappa shape index (κ1) is 24.4. The fourth-order valence-electron chi connectivity index (χ4n) is 3.52. The van der Waals surface area contributed by atoms with Crippen LogP contribution in [-0.2, 0) is 17.6 Å². The molecule has 0 spiro atoms. The van der Waals surface area contributed by atoms with Crippen molar-refractivity contribution in [2.75, 3.05) is 6.61 Å². The van der Waals surface area contributed by atoms with Gasteiger partial charge in [0.1, 0.15) is 11.5 Å². The van der Waals surface area contributed by atoms with E-state index in [4.69, 9.17) is 4.74 Å². The Morgan fingerprint density at radius 3 is 2.68 bits per heavy atom. The maximum Gasteiger partial charge on any atom is 0.220 e. The number of carbonyl (C=O) groups is 2. The minimum absolute atomic E-state index is 0.00435. The topological polar surface area (TPSA) is 88.5 Å². The Bertz CT molecular complexity index is 852. The molecule has 0 aliphatic carbocycles. The highest BCUT2D eigenvalue weighted by Crippen LogP contribution is 2.33. The second-order valence-electron chi connectivity index (χ2n) is 7.92. The van der Waals surface area contributed by atoms with Crippen LogP contribution in [0.5, 0.6) is 11.5 Å². The Balaban J connectivity index is 1.72. The molecule has 6 nitrogen and oxygen atoms in total. The Hall–Kier alpha value is -2.89. The van der Waals surface area contributed by atoms with Gasteiger partial charge in [-0.15, -0.1) is 0 Å². The number of benzene rings is 1. The SMILES string of the molecule is CCCc1c(OCCCC(=O)NC(C)CCCc2cccnc2)ccc(C(C)=O)c1O. The molecule has 1 aromatic heterocycles. The lowest BCUT2D eigenvalue weighted by Crippen LogP contribution is -2.32. The fraction of sp³-hybridized carbons (Fsp3) is 0.480. The molecule has 0 aliphatic heterocycles. The van der Waals surface area contributed by atoms with E-state index >= 15 is 0 Å². The van der Waals surface area contributed by atoms with Gasteiger partial charge in [-0.25, -0.2) is 0 Å². The summed E-state index contributed by atoms with van der Waals surface area (Å²) in [4.78, 5) is 28.0. The van der Waals surface area contributed by atoms with Crippen LogP contribution in [0.3, 0.4) is 0 Å². The molecule has 1 unspecified atom stereocenters. The minimum Gasteiger partial charge on any atom is -0.507 e. The van der Waals surface area contributed by atoms with E-state index in [1.54, 1.807) is 18.3 Å². The molecule has 1 amide bonds. The van der Waals surface area contributed by atoms with Crippen LogP contribution in [-0.4, -0.2) is 34.4 Å². The first-order valence-electron chi connectivity index (χ1n) is 11.1. The Morgan fingerprint density at radius 2 is 2.00 bits per heavy atom. The van der Waals surface area contributed by atoms with Crippen molar-refractivity contribution in [1.29, 1.82) is 0 Å². The number of aromatic nitrogens is 1. The summed E-state index contributed by atoms with van der Waals surface area (Å²) in [5, 5.41) is 13.4. The van der Waals surface area contributed by atoms with Crippen molar-refractivity contribution in [3.05, 3.63) is 53.3 Å². The lowest BCUT2D eigenvalue weighted by Gasteiger charge is -2.15. The number of aryl methyl sites for hydroxylation is 1. The van der Waals surface area contributed by atoms with E-state index in [0.29, 0.717) is 42.7 Å². The van der Waals surface area contributed by atoms with Crippen LogP contribution in [0, 0.1) is 0 Å². The van der Waals surface area contributed by atoms with Gasteiger partial charge in [0.05, 0.1) is 12.2 Å². The van der Waals surface area contributed by atoms with Crippen molar-refractivity contribution in [2.45, 2.75) is 71.8 Å². The van der Waals surface area contributed by atoms with Gasteiger partial charge in [-0.3, -0.25) is 14.6 Å². The number of carbonyl (C=O) groups excluding carboxylic acids is 2. The zero-order valence-electron chi connectivity index (χ0n) is 18.8. The van der Waals surface area contributed by atoms with Crippen molar-refractivity contribution in [3.63, 3.8) is 0 Å². The fourth-order valence-corrected chi connectivity index (χ4v) is 3.52. The van der Waals surface area contributed by atoms with E-state index in [-0.39, 0.29) is 23.5 Å². The highest BCUT2D eigenvalue weighted by Gasteiger charge is 2.16. The smallest absolute Gasteiger partial charge is 0.220 e. The molecule has 0 aliphatic rings. The Morgan fingerprint density at radius 1 is 1.19 bits per heavy atom. The molecule has 0 saturated carbocycles. The summed E-state index contributed by atoms with van der Waals surface area (Å²) in [6.45, 7) is 5.84. The summed E-state index contributed by atoms with van der Waals surface area (Å²) in [6, 6.07) is 7.44. The molecule has 6 heteroatoms. The summed E-state index contributed by atoms with van der Waals surface area (Å²) in [5.74, 6) is 0.423. The summed E-state index contributed by atoms with van der Waals surface area (Å²) in [7, 11) is 0. The lowest BCUT2D eigenvalue weighted by atomic mass is 10.0. The van der Waals surface area contributed by atoms with Crippen LogP contribution in [0.4, 0.5) is 0 Å². The van der Waals surface area contributed by atoms with Gasteiger partial charge in [0, 0.05) is 30.4 Å². The molecule has 2 N–H and O–H groups in total. The largest absolute Gasteiger partial charge is 0.507 e. The molecular formula is C25H34N2O4. The van der Waals surface area contributed by atoms with Crippen LogP contribution in [0.2, 0.25) is 0 Å². The monoisotopic (exact) mass is 426 g/mol. The van der Waals surface area contributed by atoms with Crippen molar-refractivity contribution in [3.8, 4) is 11.5 Å². The second-order valence-corrected chi connectivity index (χ2v) is 7.92. The van der Waals surface area contributed by atoms with Crippen molar-refractivity contribution < 1.29 is 19.4 Å². The number of Topliss-reactive ketones (excluding diaryl/α,β-unsaturated/α-hetero) is 1. The second kappa shape index (κ2) is 12.7. The van der Waals surface area contributed by atoms with Gasteiger partial charge >= 0.3 is 0 Å². The summed E-state index contributed by atoms with van der Waals surface area (Å²) < 4.78 is 5.82. The highest BCUT2D eigenvalue weighted by atomic mass is 16.5. The minimum atomic E-state index is -0.173. The van der Waals surface area contributed by atoms with E-state index in [1.165, 1.54) is 12.5 Å². The average molecular weight is 427 g/mol. The number of ketones is 1. The molecule has 31 heavy (non-hydrogen) atoms. The summed E-state index contributed by atoms with van der Waals surface area (Å²) in [5.41, 5.74) is 2.18. The number of phenolic OH excluding ortho intramolecular Hbond substituents is 1. The van der Waals surface area contributed by atoms with E-state index in [2.05, 4.69) is 16.4 Å². The molecular weight excluding hydrogens is 392 g/mol. The number of rotatable bonds is 13. The molecule has 1 atom stereocenters.